The third kappa shape index (κ3) is 6.79. The van der Waals surface area contributed by atoms with E-state index in [0.717, 1.165) is 33.5 Å². The molecule has 4 heterocycles. The molecule has 11 heteroatoms. The van der Waals surface area contributed by atoms with Crippen molar-refractivity contribution in [2.24, 2.45) is 0 Å². The molecule has 0 radical (unpaired) electrons. The third-order valence-electron chi connectivity index (χ3n) is 7.40. The largest absolute Gasteiger partial charge is 0.360 e. The summed E-state index contributed by atoms with van der Waals surface area (Å²) in [6.45, 7) is 7.79. The fourth-order valence-corrected chi connectivity index (χ4v) is 5.75. The molecular formula is C34H33N7O3Si. The number of hydrogen-bond acceptors (Lipinski definition) is 7. The van der Waals surface area contributed by atoms with Crippen LogP contribution >= 0.6 is 0 Å². The number of nitrogens with one attached hydrogen (secondary N) is 2. The zero-order valence-corrected chi connectivity index (χ0v) is 26.3. The lowest BCUT2D eigenvalue weighted by Crippen LogP contribution is -2.22. The Hall–Kier alpha value is -5.26. The summed E-state index contributed by atoms with van der Waals surface area (Å²) in [5.41, 5.74) is 4.50. The van der Waals surface area contributed by atoms with E-state index < -0.39 is 8.07 Å². The molecule has 0 spiro atoms. The van der Waals surface area contributed by atoms with Gasteiger partial charge in [0.05, 0.1) is 16.8 Å². The van der Waals surface area contributed by atoms with Crippen LogP contribution in [-0.4, -0.2) is 51.2 Å². The van der Waals surface area contributed by atoms with Crippen LogP contribution in [0.5, 0.6) is 0 Å². The summed E-state index contributed by atoms with van der Waals surface area (Å²) < 4.78 is 7.75. The monoisotopic (exact) mass is 615 g/mol. The number of pyridine rings is 3. The first-order valence-corrected chi connectivity index (χ1v) is 18.4. The van der Waals surface area contributed by atoms with E-state index in [1.807, 2.05) is 36.4 Å². The highest BCUT2D eigenvalue weighted by Crippen LogP contribution is 2.34. The molecule has 0 aliphatic heterocycles. The van der Waals surface area contributed by atoms with Crippen molar-refractivity contribution in [3.8, 4) is 11.1 Å². The first-order valence-electron chi connectivity index (χ1n) is 14.6. The Kier molecular flexibility index (Phi) is 8.45. The second-order valence-corrected chi connectivity index (χ2v) is 17.5. The smallest absolute Gasteiger partial charge is 0.276 e. The Bertz CT molecular complexity index is 1990. The number of carbonyl (C=O) groups is 2. The molecule has 2 aromatic carbocycles. The summed E-state index contributed by atoms with van der Waals surface area (Å²) in [4.78, 5) is 39.0. The second kappa shape index (κ2) is 12.8. The molecule has 0 aliphatic carbocycles. The number of carbonyl (C=O) groups excluding carboxylic acids is 2. The molecule has 0 unspecified atom stereocenters. The minimum atomic E-state index is -1.26. The summed E-state index contributed by atoms with van der Waals surface area (Å²) in [5.74, 6) is -0.590. The van der Waals surface area contributed by atoms with E-state index >= 15 is 0 Å². The number of ether oxygens (including phenoxy) is 1. The van der Waals surface area contributed by atoms with Gasteiger partial charge in [0.25, 0.3) is 11.8 Å². The van der Waals surface area contributed by atoms with Crippen LogP contribution in [0, 0.1) is 0 Å². The van der Waals surface area contributed by atoms with Crippen molar-refractivity contribution in [3.63, 3.8) is 0 Å². The molecule has 45 heavy (non-hydrogen) atoms. The fraction of sp³-hybridized carbons (Fsp3) is 0.176. The highest BCUT2D eigenvalue weighted by Gasteiger charge is 2.20. The molecule has 4 aromatic heterocycles. The molecule has 2 N–H and O–H groups in total. The first kappa shape index (κ1) is 29.8. The lowest BCUT2D eigenvalue weighted by atomic mass is 9.98. The van der Waals surface area contributed by atoms with E-state index in [1.165, 1.54) is 6.20 Å². The lowest BCUT2D eigenvalue weighted by Gasteiger charge is -2.15. The maximum Gasteiger partial charge on any atom is 0.276 e. The van der Waals surface area contributed by atoms with Crippen molar-refractivity contribution >= 4 is 52.9 Å². The second-order valence-electron chi connectivity index (χ2n) is 11.9. The van der Waals surface area contributed by atoms with E-state index in [0.29, 0.717) is 28.9 Å². The lowest BCUT2D eigenvalue weighted by molar-refractivity contribution is 0.0809. The highest BCUT2D eigenvalue weighted by molar-refractivity contribution is 6.76. The Labute approximate surface area is 261 Å². The molecule has 10 nitrogen and oxygen atoms in total. The number of aromatic nitrogens is 5. The maximum absolute atomic E-state index is 13.5. The van der Waals surface area contributed by atoms with Crippen LogP contribution in [-0.2, 0) is 11.5 Å². The fourth-order valence-electron chi connectivity index (χ4n) is 4.99. The van der Waals surface area contributed by atoms with Gasteiger partial charge in [-0.1, -0.05) is 37.8 Å². The van der Waals surface area contributed by atoms with Crippen molar-refractivity contribution in [3.05, 3.63) is 109 Å². The molecule has 2 amide bonds. The number of nitrogens with zero attached hydrogens (tertiary/aromatic N) is 5. The van der Waals surface area contributed by atoms with Gasteiger partial charge in [-0.15, -0.1) is 0 Å². The van der Waals surface area contributed by atoms with Crippen molar-refractivity contribution in [2.45, 2.75) is 32.4 Å². The maximum atomic E-state index is 13.5. The van der Waals surface area contributed by atoms with E-state index in [1.54, 1.807) is 59.9 Å². The van der Waals surface area contributed by atoms with Crippen LogP contribution in [0.2, 0.25) is 25.7 Å². The number of rotatable bonds is 10. The topological polar surface area (TPSA) is 124 Å². The van der Waals surface area contributed by atoms with Gasteiger partial charge in [-0.2, -0.15) is 5.10 Å². The molecule has 0 fully saturated rings. The van der Waals surface area contributed by atoms with Gasteiger partial charge in [-0.3, -0.25) is 24.5 Å². The predicted octanol–water partition coefficient (Wildman–Crippen LogP) is 6.86. The van der Waals surface area contributed by atoms with Crippen LogP contribution in [0.4, 0.5) is 11.4 Å². The first-order chi connectivity index (χ1) is 21.8. The quantitative estimate of drug-likeness (QED) is 0.127. The van der Waals surface area contributed by atoms with Gasteiger partial charge in [0, 0.05) is 73.9 Å². The highest BCUT2D eigenvalue weighted by atomic mass is 28.3. The van der Waals surface area contributed by atoms with Gasteiger partial charge in [-0.25, -0.2) is 4.68 Å². The summed E-state index contributed by atoms with van der Waals surface area (Å²) >= 11 is 0. The minimum Gasteiger partial charge on any atom is -0.360 e. The van der Waals surface area contributed by atoms with Crippen LogP contribution in [0.3, 0.4) is 0 Å². The van der Waals surface area contributed by atoms with Gasteiger partial charge in [0.15, 0.2) is 5.69 Å². The van der Waals surface area contributed by atoms with E-state index in [2.05, 4.69) is 45.2 Å². The Morgan fingerprint density at radius 3 is 2.42 bits per heavy atom. The standard InChI is InChI=1S/C34H33N7O3Si/c1-45(2,3)17-16-44-22-41-31-10-9-23(18-27(31)32(40-41)34(43)38-25-11-14-35-15-12-25)28-20-37-21-29-26(28)7-4-8-30(29)39-33(42)24-6-5-13-36-19-24/h4-15,18-21H,16-17,22H2,1-3H3,(H,39,42)(H,35,38,43). The van der Waals surface area contributed by atoms with Gasteiger partial charge in [0.2, 0.25) is 0 Å². The number of anilines is 2. The van der Waals surface area contributed by atoms with Gasteiger partial charge < -0.3 is 15.4 Å². The SMILES string of the molecule is C[Si](C)(C)CCOCn1nc(C(=O)Nc2ccncc2)c2cc(-c3cncc4c(NC(=O)c5cccnc5)cccc34)ccc21. The zero-order valence-electron chi connectivity index (χ0n) is 25.3. The van der Waals surface area contributed by atoms with Gasteiger partial charge in [-0.05, 0) is 59.5 Å². The molecule has 6 rings (SSSR count). The molecule has 226 valence electrons. The number of fused-ring (bicyclic) bond motifs is 2. The van der Waals surface area contributed by atoms with E-state index in [9.17, 15) is 9.59 Å². The molecule has 0 aliphatic rings. The molecule has 0 saturated carbocycles. The third-order valence-corrected chi connectivity index (χ3v) is 9.10. The van der Waals surface area contributed by atoms with E-state index in [4.69, 9.17) is 9.84 Å². The van der Waals surface area contributed by atoms with Crippen LogP contribution in [0.25, 0.3) is 32.8 Å². The number of hydrogen-bond donors (Lipinski definition) is 2. The average Bonchev–Trinajstić information content (AvgIpc) is 3.41. The molecule has 0 atom stereocenters. The van der Waals surface area contributed by atoms with Crippen LogP contribution < -0.4 is 10.6 Å². The summed E-state index contributed by atoms with van der Waals surface area (Å²) in [6.07, 6.45) is 9.92. The van der Waals surface area contributed by atoms with Gasteiger partial charge in [0.1, 0.15) is 6.73 Å². The summed E-state index contributed by atoms with van der Waals surface area (Å²) in [5, 5.41) is 13.0. The van der Waals surface area contributed by atoms with Crippen LogP contribution in [0.15, 0.2) is 97.8 Å². The van der Waals surface area contributed by atoms with Crippen molar-refractivity contribution < 1.29 is 14.3 Å². The summed E-state index contributed by atoms with van der Waals surface area (Å²) in [6, 6.07) is 19.6. The van der Waals surface area contributed by atoms with E-state index in [-0.39, 0.29) is 24.2 Å². The van der Waals surface area contributed by atoms with Crippen molar-refractivity contribution in [1.82, 2.24) is 24.7 Å². The average molecular weight is 616 g/mol. The summed E-state index contributed by atoms with van der Waals surface area (Å²) in [7, 11) is -1.26. The molecule has 6 aromatic rings. The normalized spacial score (nSPS) is 11.5. The predicted molar refractivity (Wildman–Crippen MR) is 179 cm³/mol. The number of amides is 2. The van der Waals surface area contributed by atoms with Crippen molar-refractivity contribution in [1.29, 1.82) is 0 Å². The van der Waals surface area contributed by atoms with Crippen LogP contribution in [0.1, 0.15) is 20.8 Å². The minimum absolute atomic E-state index is 0.235. The Morgan fingerprint density at radius 2 is 1.64 bits per heavy atom. The molecular weight excluding hydrogens is 583 g/mol. The van der Waals surface area contributed by atoms with Gasteiger partial charge >= 0.3 is 0 Å². The molecule has 0 saturated heterocycles. The zero-order chi connectivity index (χ0) is 31.4. The van der Waals surface area contributed by atoms with Crippen molar-refractivity contribution in [2.75, 3.05) is 17.2 Å². The Morgan fingerprint density at radius 1 is 0.800 bits per heavy atom. The molecule has 0 bridgehead atoms. The number of benzene rings is 2. The Balaban J connectivity index is 1.37.